The summed E-state index contributed by atoms with van der Waals surface area (Å²) in [5, 5.41) is 6.52. The lowest BCUT2D eigenvalue weighted by molar-refractivity contribution is -0.111. The number of aryl methyl sites for hydroxylation is 1. The van der Waals surface area contributed by atoms with E-state index in [9.17, 15) is 4.79 Å². The van der Waals surface area contributed by atoms with Crippen molar-refractivity contribution in [2.45, 2.75) is 32.6 Å². The third-order valence-electron chi connectivity index (χ3n) is 3.70. The Morgan fingerprint density at radius 3 is 2.82 bits per heavy atom. The van der Waals surface area contributed by atoms with Crippen LogP contribution < -0.4 is 5.32 Å². The molecule has 1 amide bonds. The molecule has 22 heavy (non-hydrogen) atoms. The van der Waals surface area contributed by atoms with E-state index in [4.69, 9.17) is 4.52 Å². The molecule has 2 heterocycles. The van der Waals surface area contributed by atoms with Crippen LogP contribution in [0, 0.1) is 12.8 Å². The predicted octanol–water partition coefficient (Wildman–Crippen LogP) is 3.12. The number of allylic oxidation sites excluding steroid dienone is 1. The molecular weight excluding hydrogens is 280 g/mol. The highest BCUT2D eigenvalue weighted by molar-refractivity contribution is 5.99. The summed E-state index contributed by atoms with van der Waals surface area (Å²) >= 11 is 0. The molecular formula is C16H18N4O2. The van der Waals surface area contributed by atoms with Gasteiger partial charge in [-0.3, -0.25) is 4.79 Å². The zero-order valence-corrected chi connectivity index (χ0v) is 12.5. The first-order valence-corrected chi connectivity index (χ1v) is 7.46. The minimum Gasteiger partial charge on any atom is -0.332 e. The highest BCUT2D eigenvalue weighted by Gasteiger charge is 2.12. The number of amides is 1. The van der Waals surface area contributed by atoms with Gasteiger partial charge in [0.05, 0.1) is 11.9 Å². The van der Waals surface area contributed by atoms with E-state index in [2.05, 4.69) is 20.4 Å². The number of anilines is 1. The topological polar surface area (TPSA) is 80.9 Å². The predicted molar refractivity (Wildman–Crippen MR) is 82.0 cm³/mol. The van der Waals surface area contributed by atoms with E-state index in [-0.39, 0.29) is 5.91 Å². The molecule has 1 aliphatic rings. The van der Waals surface area contributed by atoms with Crippen molar-refractivity contribution in [2.24, 2.45) is 5.92 Å². The summed E-state index contributed by atoms with van der Waals surface area (Å²) in [5.41, 5.74) is 1.22. The highest BCUT2D eigenvalue weighted by Crippen LogP contribution is 2.25. The lowest BCUT2D eigenvalue weighted by atomic mass is 10.1. The number of carbonyl (C=O) groups is 1. The molecule has 0 spiro atoms. The number of aromatic nitrogens is 3. The number of pyridine rings is 1. The van der Waals surface area contributed by atoms with E-state index in [1.165, 1.54) is 25.7 Å². The van der Waals surface area contributed by atoms with Crippen LogP contribution in [0.3, 0.4) is 0 Å². The smallest absolute Gasteiger partial charge is 0.276 e. The van der Waals surface area contributed by atoms with Gasteiger partial charge >= 0.3 is 0 Å². The Bertz CT molecular complexity index is 670. The molecule has 0 bridgehead atoms. The Labute approximate surface area is 128 Å². The summed E-state index contributed by atoms with van der Waals surface area (Å²) in [6.07, 6.45) is 10.1. The summed E-state index contributed by atoms with van der Waals surface area (Å²) in [7, 11) is 0. The van der Waals surface area contributed by atoms with Crippen molar-refractivity contribution in [2.75, 3.05) is 5.32 Å². The van der Waals surface area contributed by atoms with E-state index in [0.717, 1.165) is 0 Å². The lowest BCUT2D eigenvalue weighted by Crippen LogP contribution is -2.08. The van der Waals surface area contributed by atoms with Gasteiger partial charge in [-0.2, -0.15) is 4.98 Å². The first-order valence-electron chi connectivity index (χ1n) is 7.46. The van der Waals surface area contributed by atoms with Crippen LogP contribution in [0.4, 0.5) is 5.69 Å². The Morgan fingerprint density at radius 1 is 1.36 bits per heavy atom. The van der Waals surface area contributed by atoms with Gasteiger partial charge in [-0.15, -0.1) is 0 Å². The van der Waals surface area contributed by atoms with Crippen LogP contribution in [-0.2, 0) is 4.79 Å². The molecule has 0 atom stereocenters. The second kappa shape index (κ2) is 6.51. The van der Waals surface area contributed by atoms with Gasteiger partial charge in [-0.1, -0.05) is 24.1 Å². The molecule has 2 aromatic heterocycles. The van der Waals surface area contributed by atoms with Crippen LogP contribution in [0.2, 0.25) is 0 Å². The second-order valence-electron chi connectivity index (χ2n) is 5.47. The van der Waals surface area contributed by atoms with E-state index in [1.807, 2.05) is 6.08 Å². The van der Waals surface area contributed by atoms with Crippen LogP contribution in [0.15, 0.2) is 35.0 Å². The molecule has 6 nitrogen and oxygen atoms in total. The van der Waals surface area contributed by atoms with E-state index in [0.29, 0.717) is 29.0 Å². The molecule has 114 valence electrons. The van der Waals surface area contributed by atoms with Crippen molar-refractivity contribution in [3.8, 4) is 11.6 Å². The summed E-state index contributed by atoms with van der Waals surface area (Å²) in [6, 6.07) is 3.51. The molecule has 0 radical (unpaired) electrons. The van der Waals surface area contributed by atoms with Crippen LogP contribution >= 0.6 is 0 Å². The summed E-state index contributed by atoms with van der Waals surface area (Å²) in [6.45, 7) is 1.75. The Morgan fingerprint density at radius 2 is 2.18 bits per heavy atom. The standard InChI is InChI=1S/C16H18N4O2/c1-11-18-16(22-20-11)14-8-7-13(10-17-14)19-15(21)9-6-12-4-2-3-5-12/h6-10,12H,2-5H2,1H3,(H,19,21)/b9-6+. The van der Waals surface area contributed by atoms with Gasteiger partial charge in [0, 0.05) is 0 Å². The molecule has 0 saturated heterocycles. The lowest BCUT2D eigenvalue weighted by Gasteiger charge is -2.03. The van der Waals surface area contributed by atoms with Crippen molar-refractivity contribution in [1.29, 1.82) is 0 Å². The summed E-state index contributed by atoms with van der Waals surface area (Å²) in [4.78, 5) is 20.2. The molecule has 1 fully saturated rings. The number of nitrogens with zero attached hydrogens (tertiary/aromatic N) is 3. The molecule has 1 aliphatic carbocycles. The maximum Gasteiger partial charge on any atom is 0.276 e. The van der Waals surface area contributed by atoms with E-state index < -0.39 is 0 Å². The SMILES string of the molecule is Cc1noc(-c2ccc(NC(=O)/C=C/C3CCCC3)cn2)n1. The zero-order chi connectivity index (χ0) is 15.4. The molecule has 0 aliphatic heterocycles. The van der Waals surface area contributed by atoms with Crippen molar-refractivity contribution < 1.29 is 9.32 Å². The molecule has 2 aromatic rings. The maximum absolute atomic E-state index is 11.9. The normalized spacial score (nSPS) is 15.5. The average Bonchev–Trinajstić information content (AvgIpc) is 3.17. The molecule has 3 rings (SSSR count). The van der Waals surface area contributed by atoms with E-state index in [1.54, 1.807) is 31.3 Å². The average molecular weight is 298 g/mol. The van der Waals surface area contributed by atoms with Gasteiger partial charge in [-0.25, -0.2) is 4.98 Å². The Balaban J connectivity index is 1.59. The number of nitrogens with one attached hydrogen (secondary N) is 1. The van der Waals surface area contributed by atoms with Crippen molar-refractivity contribution >= 4 is 11.6 Å². The first-order chi connectivity index (χ1) is 10.7. The minimum absolute atomic E-state index is 0.130. The van der Waals surface area contributed by atoms with Gasteiger partial charge in [0.2, 0.25) is 5.91 Å². The van der Waals surface area contributed by atoms with Gasteiger partial charge in [0.25, 0.3) is 5.89 Å². The number of hydrogen-bond donors (Lipinski definition) is 1. The second-order valence-corrected chi connectivity index (χ2v) is 5.47. The fraction of sp³-hybridized carbons (Fsp3) is 0.375. The molecule has 0 aromatic carbocycles. The summed E-state index contributed by atoms with van der Waals surface area (Å²) < 4.78 is 5.04. The Hall–Kier alpha value is -2.50. The monoisotopic (exact) mass is 298 g/mol. The molecule has 0 unspecified atom stereocenters. The quantitative estimate of drug-likeness (QED) is 0.877. The third kappa shape index (κ3) is 3.58. The summed E-state index contributed by atoms with van der Waals surface area (Å²) in [5.74, 6) is 1.35. The van der Waals surface area contributed by atoms with E-state index >= 15 is 0 Å². The first kappa shape index (κ1) is 14.4. The number of rotatable bonds is 4. The van der Waals surface area contributed by atoms with Crippen LogP contribution in [0.25, 0.3) is 11.6 Å². The molecule has 1 saturated carbocycles. The van der Waals surface area contributed by atoms with Crippen molar-refractivity contribution in [1.82, 2.24) is 15.1 Å². The Kier molecular flexibility index (Phi) is 4.27. The fourth-order valence-electron chi connectivity index (χ4n) is 2.55. The van der Waals surface area contributed by atoms with Crippen molar-refractivity contribution in [3.63, 3.8) is 0 Å². The van der Waals surface area contributed by atoms with Crippen LogP contribution in [0.1, 0.15) is 31.5 Å². The highest BCUT2D eigenvalue weighted by atomic mass is 16.5. The van der Waals surface area contributed by atoms with Crippen LogP contribution in [-0.4, -0.2) is 21.0 Å². The molecule has 1 N–H and O–H groups in total. The van der Waals surface area contributed by atoms with Gasteiger partial charge in [-0.05, 0) is 43.9 Å². The maximum atomic E-state index is 11.9. The van der Waals surface area contributed by atoms with Crippen LogP contribution in [0.5, 0.6) is 0 Å². The van der Waals surface area contributed by atoms with Gasteiger partial charge in [0.15, 0.2) is 5.82 Å². The molecule has 6 heteroatoms. The minimum atomic E-state index is -0.130. The fourth-order valence-corrected chi connectivity index (χ4v) is 2.55. The van der Waals surface area contributed by atoms with Gasteiger partial charge in [0.1, 0.15) is 5.69 Å². The largest absolute Gasteiger partial charge is 0.332 e. The number of hydrogen-bond acceptors (Lipinski definition) is 5. The van der Waals surface area contributed by atoms with Gasteiger partial charge < -0.3 is 9.84 Å². The van der Waals surface area contributed by atoms with Crippen molar-refractivity contribution in [3.05, 3.63) is 36.3 Å². The third-order valence-corrected chi connectivity index (χ3v) is 3.70. The zero-order valence-electron chi connectivity index (χ0n) is 12.5. The number of carbonyl (C=O) groups excluding carboxylic acids is 1.